The van der Waals surface area contributed by atoms with Gasteiger partial charge in [-0.15, -0.1) is 0 Å². The first kappa shape index (κ1) is 36.0. The van der Waals surface area contributed by atoms with Crippen LogP contribution in [0.5, 0.6) is 0 Å². The number of hydrogen-bond donors (Lipinski definition) is 0. The van der Waals surface area contributed by atoms with Crippen LogP contribution in [0.15, 0.2) is 60.7 Å². The molecule has 47 heavy (non-hydrogen) atoms. The Hall–Kier alpha value is -3.88. The summed E-state index contributed by atoms with van der Waals surface area (Å²) >= 11 is 0. The topological polar surface area (TPSA) is 151 Å². The summed E-state index contributed by atoms with van der Waals surface area (Å²) < 4.78 is 53.7. The molecule has 0 aliphatic carbocycles. The smallest absolute Gasteiger partial charge is 0.305 e. The first-order valence-electron chi connectivity index (χ1n) is 15.4. The van der Waals surface area contributed by atoms with Crippen molar-refractivity contribution in [3.8, 4) is 0 Å². The van der Waals surface area contributed by atoms with E-state index >= 15 is 0 Å². The molecule has 10 atom stereocenters. The lowest BCUT2D eigenvalue weighted by Gasteiger charge is -2.48. The molecule has 0 radical (unpaired) electrons. The van der Waals surface area contributed by atoms with Gasteiger partial charge < -0.3 is 42.6 Å². The van der Waals surface area contributed by atoms with Crippen molar-refractivity contribution in [1.82, 2.24) is 0 Å². The van der Waals surface area contributed by atoms with Gasteiger partial charge >= 0.3 is 23.9 Å². The normalized spacial score (nSPS) is 30.5. The largest absolute Gasteiger partial charge is 0.456 e. The lowest BCUT2D eigenvalue weighted by molar-refractivity contribution is -0.364. The van der Waals surface area contributed by atoms with Gasteiger partial charge in [-0.05, 0) is 25.0 Å². The molecule has 0 saturated carbocycles. The fourth-order valence-corrected chi connectivity index (χ4v) is 5.56. The van der Waals surface area contributed by atoms with Crippen molar-refractivity contribution in [3.05, 3.63) is 71.8 Å². The van der Waals surface area contributed by atoms with Gasteiger partial charge in [0, 0.05) is 27.7 Å². The molecule has 0 aromatic heterocycles. The molecule has 2 aliphatic rings. The number of carbonyl (C=O) groups excluding carboxylic acids is 4. The second-order valence-electron chi connectivity index (χ2n) is 11.4. The third-order valence-corrected chi connectivity index (χ3v) is 7.50. The highest BCUT2D eigenvalue weighted by atomic mass is 16.8. The number of esters is 4. The molecule has 0 spiro atoms. The first-order valence-corrected chi connectivity index (χ1v) is 15.4. The molecular weight excluding hydrogens is 616 g/mol. The summed E-state index contributed by atoms with van der Waals surface area (Å²) in [4.78, 5) is 48.8. The molecule has 256 valence electrons. The van der Waals surface area contributed by atoms with Gasteiger partial charge in [0.15, 0.2) is 30.7 Å². The van der Waals surface area contributed by atoms with E-state index in [9.17, 15) is 19.2 Å². The Balaban J connectivity index is 1.72. The summed E-state index contributed by atoms with van der Waals surface area (Å²) in [7, 11) is 0. The predicted molar refractivity (Wildman–Crippen MR) is 162 cm³/mol. The molecule has 0 amide bonds. The summed E-state index contributed by atoms with van der Waals surface area (Å²) in [6.45, 7) is 8.44. The van der Waals surface area contributed by atoms with Crippen molar-refractivity contribution < 1.29 is 61.8 Å². The SMILES string of the molecule is CC(=O)O[C@H]1O[C@H](C)[C@@H](OCc2ccccc2)[C@H](OCc2ccccc2)[C@@H]1O[C@H]1O[C@@H](C)[C@@H](OC(C)=O)[C@@H](OC(C)=O)[C@@H]1OC(C)=O. The van der Waals surface area contributed by atoms with Crippen molar-refractivity contribution in [2.75, 3.05) is 0 Å². The average Bonchev–Trinajstić information content (AvgIpc) is 3.00. The van der Waals surface area contributed by atoms with Gasteiger partial charge in [0.1, 0.15) is 12.2 Å². The molecule has 4 rings (SSSR count). The van der Waals surface area contributed by atoms with Crippen LogP contribution < -0.4 is 0 Å². The van der Waals surface area contributed by atoms with Crippen LogP contribution in [0.1, 0.15) is 52.7 Å². The van der Waals surface area contributed by atoms with Crippen LogP contribution in [0.3, 0.4) is 0 Å². The molecule has 2 saturated heterocycles. The van der Waals surface area contributed by atoms with Crippen molar-refractivity contribution in [1.29, 1.82) is 0 Å². The zero-order chi connectivity index (χ0) is 34.1. The van der Waals surface area contributed by atoms with Crippen LogP contribution in [-0.4, -0.2) is 85.3 Å². The van der Waals surface area contributed by atoms with Gasteiger partial charge in [-0.1, -0.05) is 60.7 Å². The Morgan fingerprint density at radius 1 is 0.511 bits per heavy atom. The average molecular weight is 659 g/mol. The maximum atomic E-state index is 12.3. The van der Waals surface area contributed by atoms with E-state index in [1.807, 2.05) is 60.7 Å². The molecular formula is C34H42O13. The highest BCUT2D eigenvalue weighted by Gasteiger charge is 2.55. The van der Waals surface area contributed by atoms with E-state index < -0.39 is 85.3 Å². The van der Waals surface area contributed by atoms with E-state index in [0.717, 1.165) is 18.1 Å². The highest BCUT2D eigenvalue weighted by molar-refractivity contribution is 5.68. The van der Waals surface area contributed by atoms with E-state index in [4.69, 9.17) is 42.6 Å². The number of ether oxygens (including phenoxy) is 9. The van der Waals surface area contributed by atoms with Crippen LogP contribution in [0.25, 0.3) is 0 Å². The van der Waals surface area contributed by atoms with E-state index in [2.05, 4.69) is 0 Å². The summed E-state index contributed by atoms with van der Waals surface area (Å²) in [5.74, 6) is -2.78. The minimum absolute atomic E-state index is 0.135. The molecule has 0 N–H and O–H groups in total. The monoisotopic (exact) mass is 658 g/mol. The van der Waals surface area contributed by atoms with Gasteiger partial charge in [0.2, 0.25) is 6.29 Å². The molecule has 13 heteroatoms. The lowest BCUT2D eigenvalue weighted by atomic mass is 9.96. The standard InChI is InChI=1S/C34H42O13/c1-19-27(39-17-25-13-9-7-10-14-25)29(40-18-26-15-11-8-12-16-26)31(33(41-19)46-24(6)38)47-34-32(45-23(5)37)30(44-22(4)36)28(20(2)42-34)43-21(3)35/h7-16,19-20,27-34H,17-18H2,1-6H3/t19-,20+,27-,28-,29+,30-,31+,32+,33-,34-/m1/s1. The number of carbonyl (C=O) groups is 4. The molecule has 13 nitrogen and oxygen atoms in total. The summed E-state index contributed by atoms with van der Waals surface area (Å²) in [6.07, 6.45) is -11.0. The van der Waals surface area contributed by atoms with E-state index in [0.29, 0.717) is 0 Å². The minimum atomic E-state index is -1.43. The van der Waals surface area contributed by atoms with Gasteiger partial charge in [-0.25, -0.2) is 0 Å². The third-order valence-electron chi connectivity index (χ3n) is 7.50. The molecule has 0 bridgehead atoms. The summed E-state index contributed by atoms with van der Waals surface area (Å²) in [5, 5.41) is 0. The Labute approximate surface area is 273 Å². The van der Waals surface area contributed by atoms with Crippen LogP contribution in [0, 0.1) is 0 Å². The van der Waals surface area contributed by atoms with Crippen molar-refractivity contribution in [3.63, 3.8) is 0 Å². The second-order valence-corrected chi connectivity index (χ2v) is 11.4. The number of rotatable bonds is 12. The van der Waals surface area contributed by atoms with Crippen LogP contribution in [0.4, 0.5) is 0 Å². The molecule has 0 unspecified atom stereocenters. The van der Waals surface area contributed by atoms with Crippen LogP contribution in [-0.2, 0) is 75.0 Å². The zero-order valence-electron chi connectivity index (χ0n) is 27.3. The fraction of sp³-hybridized carbons (Fsp3) is 0.529. The van der Waals surface area contributed by atoms with Crippen LogP contribution >= 0.6 is 0 Å². The lowest BCUT2D eigenvalue weighted by Crippen LogP contribution is -2.65. The van der Waals surface area contributed by atoms with E-state index in [1.54, 1.807) is 13.8 Å². The quantitative estimate of drug-likeness (QED) is 0.242. The molecule has 2 aromatic rings. The zero-order valence-corrected chi connectivity index (χ0v) is 27.3. The highest BCUT2D eigenvalue weighted by Crippen LogP contribution is 2.35. The first-order chi connectivity index (χ1) is 22.4. The van der Waals surface area contributed by atoms with Crippen molar-refractivity contribution in [2.24, 2.45) is 0 Å². The third kappa shape index (κ3) is 10.1. The van der Waals surface area contributed by atoms with Crippen molar-refractivity contribution >= 4 is 23.9 Å². The Morgan fingerprint density at radius 3 is 1.45 bits per heavy atom. The van der Waals surface area contributed by atoms with Gasteiger partial charge in [-0.3, -0.25) is 19.2 Å². The Kier molecular flexibility index (Phi) is 12.9. The van der Waals surface area contributed by atoms with Crippen molar-refractivity contribution in [2.45, 2.75) is 116 Å². The molecule has 2 aliphatic heterocycles. The van der Waals surface area contributed by atoms with E-state index in [-0.39, 0.29) is 13.2 Å². The molecule has 2 heterocycles. The molecule has 2 fully saturated rings. The summed E-state index contributed by atoms with van der Waals surface area (Å²) in [5.41, 5.74) is 1.76. The minimum Gasteiger partial charge on any atom is -0.456 e. The Morgan fingerprint density at radius 2 is 0.936 bits per heavy atom. The second kappa shape index (κ2) is 16.8. The van der Waals surface area contributed by atoms with Gasteiger partial charge in [0.25, 0.3) is 0 Å². The maximum Gasteiger partial charge on any atom is 0.305 e. The van der Waals surface area contributed by atoms with Gasteiger partial charge in [0.05, 0.1) is 25.4 Å². The predicted octanol–water partition coefficient (Wildman–Crippen LogP) is 3.39. The summed E-state index contributed by atoms with van der Waals surface area (Å²) in [6, 6.07) is 18.9. The van der Waals surface area contributed by atoms with Gasteiger partial charge in [-0.2, -0.15) is 0 Å². The maximum absolute atomic E-state index is 12.3. The fourth-order valence-electron chi connectivity index (χ4n) is 5.56. The number of hydrogen-bond acceptors (Lipinski definition) is 13. The number of benzene rings is 2. The van der Waals surface area contributed by atoms with Crippen LogP contribution in [0.2, 0.25) is 0 Å². The van der Waals surface area contributed by atoms with E-state index in [1.165, 1.54) is 20.8 Å². The Bertz CT molecular complexity index is 1340. The molecule has 2 aromatic carbocycles.